The normalized spacial score (nSPS) is 10.8. The minimum absolute atomic E-state index is 0.0714. The van der Waals surface area contributed by atoms with Gasteiger partial charge in [0.25, 0.3) is 0 Å². The van der Waals surface area contributed by atoms with Crippen LogP contribution in [0.3, 0.4) is 0 Å². The van der Waals surface area contributed by atoms with Crippen molar-refractivity contribution >= 4 is 29.7 Å². The smallest absolute Gasteiger partial charge is 0.240 e. The maximum atomic E-state index is 12.6. The van der Waals surface area contributed by atoms with Gasteiger partial charge in [-0.05, 0) is 47.6 Å². The number of nitrogens with one attached hydrogen (secondary N) is 2. The molecule has 9 heteroatoms. The molecule has 4 aromatic rings. The number of rotatable bonds is 7. The number of aromatic nitrogens is 5. The van der Waals surface area contributed by atoms with Crippen LogP contribution in [0.25, 0.3) is 11.4 Å². The molecule has 1 amide bonds. The maximum absolute atomic E-state index is 12.6. The number of imidazole rings is 1. The molecule has 2 heterocycles. The van der Waals surface area contributed by atoms with Gasteiger partial charge in [0.2, 0.25) is 5.91 Å². The molecule has 4 rings (SSSR count). The molecule has 0 aliphatic heterocycles. The second kappa shape index (κ2) is 9.06. The minimum Gasteiger partial charge on any atom is -0.350 e. The predicted molar refractivity (Wildman–Crippen MR) is 117 cm³/mol. The van der Waals surface area contributed by atoms with Crippen LogP contribution >= 0.6 is 23.8 Å². The van der Waals surface area contributed by atoms with Gasteiger partial charge >= 0.3 is 0 Å². The van der Waals surface area contributed by atoms with Crippen LogP contribution in [0, 0.1) is 4.77 Å². The van der Waals surface area contributed by atoms with Crippen LogP contribution in [0.5, 0.6) is 0 Å². The van der Waals surface area contributed by atoms with E-state index in [1.54, 1.807) is 29.2 Å². The number of hydrogen-bond donors (Lipinski definition) is 2. The third kappa shape index (κ3) is 4.84. The number of halogens is 1. The standard InChI is InChI=1S/C21H19ClN6OS/c22-18-6-4-17(5-7-18)20-25-26-21(30)28(20)13-19(29)24-11-15-2-1-3-16(10-15)12-27-9-8-23-14-27/h1-10,14H,11-13H2,(H,24,29)(H,26,30). The second-order valence-corrected chi connectivity index (χ2v) is 7.60. The molecule has 0 aliphatic carbocycles. The number of hydrogen-bond acceptors (Lipinski definition) is 4. The molecule has 0 aliphatic rings. The highest BCUT2D eigenvalue weighted by Crippen LogP contribution is 2.20. The van der Waals surface area contributed by atoms with Crippen molar-refractivity contribution in [3.8, 4) is 11.4 Å². The molecule has 2 aromatic carbocycles. The van der Waals surface area contributed by atoms with E-state index in [0.717, 1.165) is 23.2 Å². The number of aromatic amines is 1. The van der Waals surface area contributed by atoms with Crippen molar-refractivity contribution in [2.24, 2.45) is 0 Å². The molecule has 0 atom stereocenters. The number of amides is 1. The Kier molecular flexibility index (Phi) is 6.06. The van der Waals surface area contributed by atoms with Crippen molar-refractivity contribution in [1.29, 1.82) is 0 Å². The van der Waals surface area contributed by atoms with Gasteiger partial charge in [0.15, 0.2) is 10.6 Å². The molecule has 0 saturated heterocycles. The summed E-state index contributed by atoms with van der Waals surface area (Å²) in [6.07, 6.45) is 5.45. The molecule has 0 fully saturated rings. The average molecular weight is 439 g/mol. The topological polar surface area (TPSA) is 80.5 Å². The van der Waals surface area contributed by atoms with Gasteiger partial charge in [0.1, 0.15) is 6.54 Å². The number of carbonyl (C=O) groups excluding carboxylic acids is 1. The first-order chi connectivity index (χ1) is 14.6. The van der Waals surface area contributed by atoms with Crippen LogP contribution in [-0.4, -0.2) is 30.2 Å². The van der Waals surface area contributed by atoms with Gasteiger partial charge < -0.3 is 9.88 Å². The fraction of sp³-hybridized carbons (Fsp3) is 0.143. The number of carbonyl (C=O) groups is 1. The molecule has 0 radical (unpaired) electrons. The van der Waals surface area contributed by atoms with E-state index in [2.05, 4.69) is 32.6 Å². The first-order valence-corrected chi connectivity index (χ1v) is 10.1. The van der Waals surface area contributed by atoms with Crippen molar-refractivity contribution < 1.29 is 4.79 Å². The molecule has 2 aromatic heterocycles. The van der Waals surface area contributed by atoms with Crippen molar-refractivity contribution in [2.45, 2.75) is 19.6 Å². The van der Waals surface area contributed by atoms with Gasteiger partial charge in [-0.1, -0.05) is 35.9 Å². The van der Waals surface area contributed by atoms with Crippen molar-refractivity contribution in [3.05, 3.63) is 88.2 Å². The molecular formula is C21H19ClN6OS. The average Bonchev–Trinajstić information content (AvgIpc) is 3.38. The molecule has 7 nitrogen and oxygen atoms in total. The highest BCUT2D eigenvalue weighted by molar-refractivity contribution is 7.71. The lowest BCUT2D eigenvalue weighted by Crippen LogP contribution is -2.27. The summed E-state index contributed by atoms with van der Waals surface area (Å²) in [7, 11) is 0. The van der Waals surface area contributed by atoms with Gasteiger partial charge in [0, 0.05) is 36.1 Å². The molecule has 0 bridgehead atoms. The third-order valence-corrected chi connectivity index (χ3v) is 5.13. The van der Waals surface area contributed by atoms with E-state index in [-0.39, 0.29) is 12.5 Å². The van der Waals surface area contributed by atoms with Crippen LogP contribution < -0.4 is 5.32 Å². The summed E-state index contributed by atoms with van der Waals surface area (Å²) in [4.78, 5) is 16.6. The Morgan fingerprint density at radius 1 is 1.17 bits per heavy atom. The Bertz CT molecular complexity index is 1200. The van der Waals surface area contributed by atoms with Crippen molar-refractivity contribution in [1.82, 2.24) is 29.6 Å². The highest BCUT2D eigenvalue weighted by atomic mass is 35.5. The Hall–Kier alpha value is -3.23. The first-order valence-electron chi connectivity index (χ1n) is 9.30. The molecule has 30 heavy (non-hydrogen) atoms. The number of H-pyrrole nitrogens is 1. The zero-order valence-electron chi connectivity index (χ0n) is 16.0. The fourth-order valence-electron chi connectivity index (χ4n) is 3.11. The lowest BCUT2D eigenvalue weighted by atomic mass is 10.1. The summed E-state index contributed by atoms with van der Waals surface area (Å²) < 4.78 is 4.05. The van der Waals surface area contributed by atoms with E-state index in [1.165, 1.54) is 0 Å². The summed E-state index contributed by atoms with van der Waals surface area (Å²) in [5.74, 6) is 0.442. The first kappa shape index (κ1) is 20.1. The third-order valence-electron chi connectivity index (χ3n) is 4.57. The quantitative estimate of drug-likeness (QED) is 0.430. The monoisotopic (exact) mass is 438 g/mol. The molecule has 0 unspecified atom stereocenters. The van der Waals surface area contributed by atoms with Gasteiger partial charge in [-0.3, -0.25) is 14.5 Å². The Balaban J connectivity index is 1.41. The second-order valence-electron chi connectivity index (χ2n) is 6.78. The van der Waals surface area contributed by atoms with E-state index in [9.17, 15) is 4.79 Å². The lowest BCUT2D eigenvalue weighted by Gasteiger charge is -2.10. The van der Waals surface area contributed by atoms with Gasteiger partial charge in [0.05, 0.1) is 6.33 Å². The Morgan fingerprint density at radius 3 is 2.73 bits per heavy atom. The zero-order chi connectivity index (χ0) is 20.9. The number of nitrogens with zero attached hydrogens (tertiary/aromatic N) is 4. The van der Waals surface area contributed by atoms with Gasteiger partial charge in [-0.25, -0.2) is 4.98 Å². The summed E-state index contributed by atoms with van der Waals surface area (Å²) in [5.41, 5.74) is 2.99. The van der Waals surface area contributed by atoms with Crippen LogP contribution in [0.2, 0.25) is 5.02 Å². The highest BCUT2D eigenvalue weighted by Gasteiger charge is 2.12. The molecule has 2 N–H and O–H groups in total. The summed E-state index contributed by atoms with van der Waals surface area (Å²) >= 11 is 11.3. The van der Waals surface area contributed by atoms with E-state index in [0.29, 0.717) is 22.2 Å². The lowest BCUT2D eigenvalue weighted by molar-refractivity contribution is -0.121. The van der Waals surface area contributed by atoms with E-state index in [4.69, 9.17) is 23.8 Å². The minimum atomic E-state index is -0.150. The summed E-state index contributed by atoms with van der Waals surface area (Å²) in [5, 5.41) is 10.6. The molecule has 0 saturated carbocycles. The van der Waals surface area contributed by atoms with Gasteiger partial charge in [-0.2, -0.15) is 5.10 Å². The van der Waals surface area contributed by atoms with Crippen LogP contribution in [0.15, 0.2) is 67.3 Å². The fourth-order valence-corrected chi connectivity index (χ4v) is 3.44. The molecule has 0 spiro atoms. The number of benzene rings is 2. The predicted octanol–water partition coefficient (Wildman–Crippen LogP) is 3.82. The van der Waals surface area contributed by atoms with Crippen molar-refractivity contribution in [2.75, 3.05) is 0 Å². The van der Waals surface area contributed by atoms with E-state index in [1.807, 2.05) is 35.0 Å². The summed E-state index contributed by atoms with van der Waals surface area (Å²) in [6, 6.07) is 15.3. The molecular weight excluding hydrogens is 420 g/mol. The Morgan fingerprint density at radius 2 is 1.97 bits per heavy atom. The Labute approximate surface area is 183 Å². The van der Waals surface area contributed by atoms with Gasteiger partial charge in [-0.15, -0.1) is 0 Å². The maximum Gasteiger partial charge on any atom is 0.240 e. The van der Waals surface area contributed by atoms with Crippen LogP contribution in [0.1, 0.15) is 11.1 Å². The van der Waals surface area contributed by atoms with E-state index < -0.39 is 0 Å². The summed E-state index contributed by atoms with van der Waals surface area (Å²) in [6.45, 7) is 1.23. The SMILES string of the molecule is O=C(Cn1c(-c2ccc(Cl)cc2)n[nH]c1=S)NCc1cccc(Cn2ccnc2)c1. The van der Waals surface area contributed by atoms with Crippen LogP contribution in [-0.2, 0) is 24.4 Å². The largest absolute Gasteiger partial charge is 0.350 e. The van der Waals surface area contributed by atoms with E-state index >= 15 is 0 Å². The van der Waals surface area contributed by atoms with Crippen LogP contribution in [0.4, 0.5) is 0 Å². The zero-order valence-corrected chi connectivity index (χ0v) is 17.5. The van der Waals surface area contributed by atoms with Crippen molar-refractivity contribution in [3.63, 3.8) is 0 Å². The molecule has 152 valence electrons.